The predicted octanol–water partition coefficient (Wildman–Crippen LogP) is 11.8. The number of hydrogen-bond donors (Lipinski definition) is 2. The van der Waals surface area contributed by atoms with Crippen LogP contribution in [0.1, 0.15) is 142 Å². The topological polar surface area (TPSA) is 134 Å². The molecule has 0 rings (SSSR count). The summed E-state index contributed by atoms with van der Waals surface area (Å²) in [7, 11) is -4.40. The molecule has 0 bridgehead atoms. The SMILES string of the molecule is CCC=CCC=CCC=CCC=CCCCCC(=O)O[C@H](COC(=O)CCCCCC=CCC=CCC=CCC=CCCCCC)COP(=O)(O)OCCN. The molecule has 0 aromatic heterocycles. The monoisotopic (exact) mass is 788 g/mol. The van der Waals surface area contributed by atoms with Crippen molar-refractivity contribution in [3.63, 3.8) is 0 Å². The molecular weight excluding hydrogens is 713 g/mol. The predicted molar refractivity (Wildman–Crippen MR) is 228 cm³/mol. The average Bonchev–Trinajstić information content (AvgIpc) is 3.17. The van der Waals surface area contributed by atoms with Gasteiger partial charge in [-0.2, -0.15) is 0 Å². The zero-order valence-corrected chi connectivity index (χ0v) is 35.0. The molecule has 0 saturated carbocycles. The number of ether oxygens (including phenoxy) is 2. The number of esters is 2. The zero-order valence-electron chi connectivity index (χ0n) is 34.1. The standard InChI is InChI=1S/C45H74NO8P/c1-3-5-7-9-11-13-15-17-19-20-21-22-24-25-27-29-31-33-35-37-44(47)51-41-43(42-53-55(49,50)52-40-39-46)54-45(48)38-36-34-32-30-28-26-23-18-16-14-12-10-8-6-4-2/h6,8,11-14,17-19,21-23,25,27-28,30,43H,3-5,7,9-10,15-16,20,24,26,29,31-42,46H2,1-2H3,(H,49,50)/t43-/m1/s1. The number of hydrogen-bond acceptors (Lipinski definition) is 8. The molecular formula is C45H74NO8P. The van der Waals surface area contributed by atoms with E-state index in [0.29, 0.717) is 12.8 Å². The first-order valence-corrected chi connectivity index (χ1v) is 22.2. The fourth-order valence-corrected chi connectivity index (χ4v) is 5.67. The van der Waals surface area contributed by atoms with Gasteiger partial charge in [0.1, 0.15) is 6.61 Å². The Morgan fingerprint density at radius 2 is 1.00 bits per heavy atom. The molecule has 0 aliphatic rings. The van der Waals surface area contributed by atoms with E-state index in [2.05, 4.69) is 111 Å². The van der Waals surface area contributed by atoms with Crippen molar-refractivity contribution in [3.8, 4) is 0 Å². The quantitative estimate of drug-likeness (QED) is 0.0273. The zero-order chi connectivity index (χ0) is 40.3. The summed E-state index contributed by atoms with van der Waals surface area (Å²) in [4.78, 5) is 34.8. The van der Waals surface area contributed by atoms with Crippen molar-refractivity contribution in [2.75, 3.05) is 26.4 Å². The Kier molecular flexibility index (Phi) is 38.3. The van der Waals surface area contributed by atoms with Gasteiger partial charge >= 0.3 is 19.8 Å². The van der Waals surface area contributed by atoms with Crippen LogP contribution >= 0.6 is 7.82 Å². The van der Waals surface area contributed by atoms with E-state index in [1.807, 2.05) is 0 Å². The second-order valence-corrected chi connectivity index (χ2v) is 14.6. The lowest BCUT2D eigenvalue weighted by molar-refractivity contribution is -0.161. The van der Waals surface area contributed by atoms with Gasteiger partial charge in [-0.3, -0.25) is 18.6 Å². The smallest absolute Gasteiger partial charge is 0.462 e. The molecule has 9 nitrogen and oxygen atoms in total. The number of carbonyl (C=O) groups is 2. The van der Waals surface area contributed by atoms with Crippen molar-refractivity contribution in [1.29, 1.82) is 0 Å². The summed E-state index contributed by atoms with van der Waals surface area (Å²) >= 11 is 0. The molecule has 55 heavy (non-hydrogen) atoms. The Balaban J connectivity index is 4.33. The maximum atomic E-state index is 12.5. The lowest BCUT2D eigenvalue weighted by Gasteiger charge is -2.19. The summed E-state index contributed by atoms with van der Waals surface area (Å²) in [6, 6.07) is 0. The van der Waals surface area contributed by atoms with Crippen molar-refractivity contribution < 1.29 is 37.6 Å². The Bertz CT molecular complexity index is 1220. The highest BCUT2D eigenvalue weighted by Gasteiger charge is 2.25. The molecule has 312 valence electrons. The number of carbonyl (C=O) groups excluding carboxylic acids is 2. The van der Waals surface area contributed by atoms with Crippen molar-refractivity contribution >= 4 is 19.8 Å². The normalized spacial score (nSPS) is 14.3. The molecule has 0 aromatic carbocycles. The van der Waals surface area contributed by atoms with Crippen molar-refractivity contribution in [2.24, 2.45) is 5.73 Å². The Morgan fingerprint density at radius 1 is 0.564 bits per heavy atom. The third-order valence-electron chi connectivity index (χ3n) is 7.95. The second-order valence-electron chi connectivity index (χ2n) is 13.1. The Morgan fingerprint density at radius 3 is 1.49 bits per heavy atom. The van der Waals surface area contributed by atoms with Crippen LogP contribution in [0.25, 0.3) is 0 Å². The van der Waals surface area contributed by atoms with Gasteiger partial charge in [-0.25, -0.2) is 4.57 Å². The van der Waals surface area contributed by atoms with Gasteiger partial charge in [0.25, 0.3) is 0 Å². The minimum absolute atomic E-state index is 0.0361. The minimum Gasteiger partial charge on any atom is -0.462 e. The van der Waals surface area contributed by atoms with E-state index in [1.54, 1.807) is 0 Å². The van der Waals surface area contributed by atoms with Crippen LogP contribution in [0.2, 0.25) is 0 Å². The van der Waals surface area contributed by atoms with E-state index in [9.17, 15) is 19.0 Å². The van der Waals surface area contributed by atoms with Gasteiger partial charge in [-0.05, 0) is 96.3 Å². The van der Waals surface area contributed by atoms with Gasteiger partial charge in [0.15, 0.2) is 6.10 Å². The van der Waals surface area contributed by atoms with Crippen molar-refractivity contribution in [1.82, 2.24) is 0 Å². The first-order chi connectivity index (χ1) is 26.8. The third-order valence-corrected chi connectivity index (χ3v) is 8.94. The molecule has 1 unspecified atom stereocenters. The number of nitrogens with two attached hydrogens (primary N) is 1. The fourth-order valence-electron chi connectivity index (χ4n) is 4.90. The van der Waals surface area contributed by atoms with Crippen LogP contribution in [0.5, 0.6) is 0 Å². The molecule has 0 saturated heterocycles. The number of unbranched alkanes of at least 4 members (excludes halogenated alkanes) is 8. The third kappa shape index (κ3) is 40.4. The number of phosphoric ester groups is 1. The van der Waals surface area contributed by atoms with Gasteiger partial charge in [0.2, 0.25) is 0 Å². The maximum absolute atomic E-state index is 12.5. The molecule has 0 aliphatic carbocycles. The van der Waals surface area contributed by atoms with Crippen LogP contribution in [0.4, 0.5) is 0 Å². The van der Waals surface area contributed by atoms with Gasteiger partial charge in [0.05, 0.1) is 13.2 Å². The maximum Gasteiger partial charge on any atom is 0.472 e. The second kappa shape index (κ2) is 40.6. The summed E-state index contributed by atoms with van der Waals surface area (Å²) in [6.45, 7) is 3.47. The van der Waals surface area contributed by atoms with Crippen LogP contribution in [-0.2, 0) is 32.7 Å². The van der Waals surface area contributed by atoms with Gasteiger partial charge in [0, 0.05) is 19.4 Å². The van der Waals surface area contributed by atoms with Crippen molar-refractivity contribution in [3.05, 3.63) is 97.2 Å². The molecule has 0 fully saturated rings. The molecule has 10 heteroatoms. The molecule has 3 N–H and O–H groups in total. The molecule has 0 amide bonds. The van der Waals surface area contributed by atoms with Crippen LogP contribution in [0.15, 0.2) is 97.2 Å². The van der Waals surface area contributed by atoms with Gasteiger partial charge in [-0.1, -0.05) is 130 Å². The molecule has 2 atom stereocenters. The van der Waals surface area contributed by atoms with Crippen LogP contribution < -0.4 is 5.73 Å². The van der Waals surface area contributed by atoms with E-state index in [4.69, 9.17) is 24.3 Å². The van der Waals surface area contributed by atoms with E-state index < -0.39 is 32.5 Å². The van der Waals surface area contributed by atoms with Gasteiger partial charge in [-0.15, -0.1) is 0 Å². The lowest BCUT2D eigenvalue weighted by atomic mass is 10.1. The minimum atomic E-state index is -4.40. The Hall–Kier alpha value is -3.07. The lowest BCUT2D eigenvalue weighted by Crippen LogP contribution is -2.29. The van der Waals surface area contributed by atoms with Crippen LogP contribution in [-0.4, -0.2) is 49.3 Å². The first kappa shape index (κ1) is 51.9. The van der Waals surface area contributed by atoms with Crippen LogP contribution in [0.3, 0.4) is 0 Å². The Labute approximate surface area is 334 Å². The van der Waals surface area contributed by atoms with Crippen LogP contribution in [0, 0.1) is 0 Å². The fraction of sp³-hybridized carbons (Fsp3) is 0.600. The summed E-state index contributed by atoms with van der Waals surface area (Å²) in [5.41, 5.74) is 5.33. The van der Waals surface area contributed by atoms with E-state index in [-0.39, 0.29) is 32.6 Å². The first-order valence-electron chi connectivity index (χ1n) is 20.7. The summed E-state index contributed by atoms with van der Waals surface area (Å²) in [6.07, 6.45) is 51.5. The van der Waals surface area contributed by atoms with E-state index >= 15 is 0 Å². The molecule has 0 radical (unpaired) electrons. The van der Waals surface area contributed by atoms with Gasteiger partial charge < -0.3 is 20.1 Å². The van der Waals surface area contributed by atoms with E-state index in [1.165, 1.54) is 25.7 Å². The highest BCUT2D eigenvalue weighted by molar-refractivity contribution is 7.47. The summed E-state index contributed by atoms with van der Waals surface area (Å²) in [5.74, 6) is -0.925. The highest BCUT2D eigenvalue weighted by atomic mass is 31.2. The summed E-state index contributed by atoms with van der Waals surface area (Å²) < 4.78 is 32.6. The average molecular weight is 788 g/mol. The number of allylic oxidation sites excluding steroid dienone is 16. The molecule has 0 aromatic rings. The highest BCUT2D eigenvalue weighted by Crippen LogP contribution is 2.43. The van der Waals surface area contributed by atoms with Crippen molar-refractivity contribution in [2.45, 2.75) is 148 Å². The number of rotatable bonds is 37. The molecule has 0 heterocycles. The molecule has 0 spiro atoms. The molecule has 0 aliphatic heterocycles. The largest absolute Gasteiger partial charge is 0.472 e. The summed E-state index contributed by atoms with van der Waals surface area (Å²) in [5, 5.41) is 0. The number of phosphoric acid groups is 1. The van der Waals surface area contributed by atoms with E-state index in [0.717, 1.165) is 77.0 Å².